The SMILES string of the molecule is c1ccc(-c2ccc(-c3nc(-c4ccccc4-c4ccccc4)c4oc5ccccc5c4n3)cc2)cc1. The maximum Gasteiger partial charge on any atom is 0.180 e. The number of furan rings is 1. The fourth-order valence-corrected chi connectivity index (χ4v) is 4.90. The molecule has 0 saturated carbocycles. The topological polar surface area (TPSA) is 38.9 Å². The van der Waals surface area contributed by atoms with E-state index in [0.717, 1.165) is 50.0 Å². The molecule has 0 fully saturated rings. The standard InChI is InChI=1S/C34H22N2O/c1-3-11-23(12-4-1)24-19-21-26(22-20-24)34-35-31(33-32(36-34)29-17-9-10-18-30(29)37-33)28-16-8-7-15-27(28)25-13-5-2-6-14-25/h1-22H. The van der Waals surface area contributed by atoms with Crippen LogP contribution in [0.25, 0.3) is 67.0 Å². The number of hydrogen-bond donors (Lipinski definition) is 0. The third kappa shape index (κ3) is 3.78. The summed E-state index contributed by atoms with van der Waals surface area (Å²) in [5.41, 5.74) is 9.69. The van der Waals surface area contributed by atoms with Gasteiger partial charge in [0.1, 0.15) is 16.8 Å². The van der Waals surface area contributed by atoms with E-state index in [-0.39, 0.29) is 0 Å². The molecule has 0 atom stereocenters. The highest BCUT2D eigenvalue weighted by Gasteiger charge is 2.20. The Kier molecular flexibility index (Phi) is 5.11. The van der Waals surface area contributed by atoms with Crippen molar-refractivity contribution in [2.75, 3.05) is 0 Å². The molecule has 0 bridgehead atoms. The summed E-state index contributed by atoms with van der Waals surface area (Å²) in [4.78, 5) is 10.1. The van der Waals surface area contributed by atoms with E-state index in [1.165, 1.54) is 5.56 Å². The second kappa shape index (κ2) is 8.89. The minimum atomic E-state index is 0.677. The van der Waals surface area contributed by atoms with Crippen molar-refractivity contribution in [3.05, 3.63) is 133 Å². The monoisotopic (exact) mass is 474 g/mol. The van der Waals surface area contributed by atoms with Gasteiger partial charge < -0.3 is 4.42 Å². The van der Waals surface area contributed by atoms with Gasteiger partial charge in [-0.3, -0.25) is 0 Å². The van der Waals surface area contributed by atoms with Crippen molar-refractivity contribution in [1.29, 1.82) is 0 Å². The average molecular weight is 475 g/mol. The normalized spacial score (nSPS) is 11.2. The summed E-state index contributed by atoms with van der Waals surface area (Å²) in [6.07, 6.45) is 0. The lowest BCUT2D eigenvalue weighted by Crippen LogP contribution is -1.95. The van der Waals surface area contributed by atoms with Gasteiger partial charge in [-0.15, -0.1) is 0 Å². The van der Waals surface area contributed by atoms with E-state index in [1.54, 1.807) is 0 Å². The smallest absolute Gasteiger partial charge is 0.180 e. The van der Waals surface area contributed by atoms with E-state index >= 15 is 0 Å². The Morgan fingerprint density at radius 1 is 0.432 bits per heavy atom. The van der Waals surface area contributed by atoms with Gasteiger partial charge in [0.2, 0.25) is 0 Å². The number of rotatable bonds is 4. The summed E-state index contributed by atoms with van der Waals surface area (Å²) in [6, 6.07) is 45.6. The maximum atomic E-state index is 6.37. The molecule has 0 aliphatic rings. The van der Waals surface area contributed by atoms with Crippen molar-refractivity contribution >= 4 is 22.1 Å². The van der Waals surface area contributed by atoms with Gasteiger partial charge in [-0.05, 0) is 34.4 Å². The highest BCUT2D eigenvalue weighted by Crippen LogP contribution is 2.39. The Morgan fingerprint density at radius 3 is 1.76 bits per heavy atom. The molecule has 0 radical (unpaired) electrons. The first-order chi connectivity index (χ1) is 18.3. The second-order valence-corrected chi connectivity index (χ2v) is 9.03. The van der Waals surface area contributed by atoms with Crippen molar-refractivity contribution in [3.8, 4) is 44.9 Å². The average Bonchev–Trinajstić information content (AvgIpc) is 3.36. The lowest BCUT2D eigenvalue weighted by molar-refractivity contribution is 0.667. The number of benzene rings is 5. The van der Waals surface area contributed by atoms with Gasteiger partial charge >= 0.3 is 0 Å². The summed E-state index contributed by atoms with van der Waals surface area (Å²) in [5.74, 6) is 0.677. The van der Waals surface area contributed by atoms with E-state index in [9.17, 15) is 0 Å². The van der Waals surface area contributed by atoms with Crippen LogP contribution in [0.2, 0.25) is 0 Å². The van der Waals surface area contributed by atoms with Gasteiger partial charge in [0.15, 0.2) is 11.4 Å². The maximum absolute atomic E-state index is 6.37. The molecule has 7 rings (SSSR count). The van der Waals surface area contributed by atoms with Crippen molar-refractivity contribution in [2.45, 2.75) is 0 Å². The molecule has 0 aliphatic heterocycles. The summed E-state index contributed by atoms with van der Waals surface area (Å²) in [5, 5.41) is 0.987. The highest BCUT2D eigenvalue weighted by atomic mass is 16.3. The van der Waals surface area contributed by atoms with Gasteiger partial charge in [0.25, 0.3) is 0 Å². The van der Waals surface area contributed by atoms with Crippen LogP contribution in [0.3, 0.4) is 0 Å². The molecule has 0 aliphatic carbocycles. The predicted molar refractivity (Wildman–Crippen MR) is 151 cm³/mol. The van der Waals surface area contributed by atoms with Gasteiger partial charge in [-0.25, -0.2) is 9.97 Å². The molecular weight excluding hydrogens is 452 g/mol. The molecule has 0 amide bonds. The lowest BCUT2D eigenvalue weighted by Gasteiger charge is -2.11. The van der Waals surface area contributed by atoms with Crippen LogP contribution in [0.4, 0.5) is 0 Å². The number of nitrogens with zero attached hydrogens (tertiary/aromatic N) is 2. The van der Waals surface area contributed by atoms with Gasteiger partial charge in [0, 0.05) is 16.5 Å². The fourth-order valence-electron chi connectivity index (χ4n) is 4.90. The van der Waals surface area contributed by atoms with Crippen LogP contribution in [0.15, 0.2) is 138 Å². The molecular formula is C34H22N2O. The molecule has 174 valence electrons. The molecule has 3 nitrogen and oxygen atoms in total. The second-order valence-electron chi connectivity index (χ2n) is 9.03. The summed E-state index contributed by atoms with van der Waals surface area (Å²) < 4.78 is 6.37. The largest absolute Gasteiger partial charge is 0.452 e. The number of aromatic nitrogens is 2. The highest BCUT2D eigenvalue weighted by molar-refractivity contribution is 6.08. The van der Waals surface area contributed by atoms with Gasteiger partial charge in [-0.1, -0.05) is 121 Å². The Hall–Kier alpha value is -5.02. The number of fused-ring (bicyclic) bond motifs is 3. The molecule has 0 spiro atoms. The molecule has 0 N–H and O–H groups in total. The molecule has 5 aromatic carbocycles. The first kappa shape index (κ1) is 21.3. The zero-order chi connectivity index (χ0) is 24.6. The minimum absolute atomic E-state index is 0.677. The Balaban J connectivity index is 1.46. The van der Waals surface area contributed by atoms with Crippen LogP contribution in [0.1, 0.15) is 0 Å². The van der Waals surface area contributed by atoms with Crippen molar-refractivity contribution < 1.29 is 4.42 Å². The molecule has 0 saturated heterocycles. The molecule has 0 unspecified atom stereocenters. The van der Waals surface area contributed by atoms with E-state index in [0.29, 0.717) is 11.4 Å². The minimum Gasteiger partial charge on any atom is -0.452 e. The third-order valence-corrected chi connectivity index (χ3v) is 6.74. The van der Waals surface area contributed by atoms with Gasteiger partial charge in [-0.2, -0.15) is 0 Å². The van der Waals surface area contributed by atoms with Crippen LogP contribution < -0.4 is 0 Å². The van der Waals surface area contributed by atoms with E-state index in [1.807, 2.05) is 36.4 Å². The lowest BCUT2D eigenvalue weighted by atomic mass is 9.97. The first-order valence-corrected chi connectivity index (χ1v) is 12.4. The molecule has 3 heteroatoms. The van der Waals surface area contributed by atoms with E-state index in [2.05, 4.69) is 97.1 Å². The van der Waals surface area contributed by atoms with Crippen LogP contribution in [-0.2, 0) is 0 Å². The molecule has 2 heterocycles. The van der Waals surface area contributed by atoms with E-state index < -0.39 is 0 Å². The molecule has 2 aromatic heterocycles. The summed E-state index contributed by atoms with van der Waals surface area (Å²) >= 11 is 0. The summed E-state index contributed by atoms with van der Waals surface area (Å²) in [6.45, 7) is 0. The fraction of sp³-hybridized carbons (Fsp3) is 0. The summed E-state index contributed by atoms with van der Waals surface area (Å²) in [7, 11) is 0. The Bertz CT molecular complexity index is 1850. The zero-order valence-electron chi connectivity index (χ0n) is 20.0. The van der Waals surface area contributed by atoms with Crippen LogP contribution in [-0.4, -0.2) is 9.97 Å². The molecule has 7 aromatic rings. The first-order valence-electron chi connectivity index (χ1n) is 12.4. The van der Waals surface area contributed by atoms with Crippen LogP contribution >= 0.6 is 0 Å². The van der Waals surface area contributed by atoms with Crippen LogP contribution in [0.5, 0.6) is 0 Å². The quantitative estimate of drug-likeness (QED) is 0.255. The third-order valence-electron chi connectivity index (χ3n) is 6.74. The van der Waals surface area contributed by atoms with Crippen molar-refractivity contribution in [3.63, 3.8) is 0 Å². The predicted octanol–water partition coefficient (Wildman–Crippen LogP) is 9.04. The molecule has 37 heavy (non-hydrogen) atoms. The van der Waals surface area contributed by atoms with Gasteiger partial charge in [0.05, 0.1) is 0 Å². The van der Waals surface area contributed by atoms with Crippen LogP contribution in [0, 0.1) is 0 Å². The number of para-hydroxylation sites is 1. The Labute approximate surface area is 214 Å². The van der Waals surface area contributed by atoms with Crippen molar-refractivity contribution in [1.82, 2.24) is 9.97 Å². The van der Waals surface area contributed by atoms with E-state index in [4.69, 9.17) is 14.4 Å². The Morgan fingerprint density at radius 2 is 1.00 bits per heavy atom. The zero-order valence-corrected chi connectivity index (χ0v) is 20.0. The number of hydrogen-bond acceptors (Lipinski definition) is 3. The van der Waals surface area contributed by atoms with Crippen molar-refractivity contribution in [2.24, 2.45) is 0 Å².